The summed E-state index contributed by atoms with van der Waals surface area (Å²) in [4.78, 5) is 0. The van der Waals surface area contributed by atoms with Gasteiger partial charge in [0.1, 0.15) is 0 Å². The zero-order chi connectivity index (χ0) is 2.99. The predicted molar refractivity (Wildman–Crippen MR) is 21.0 cm³/mol. The molecule has 3 heteroatoms. The van der Waals surface area contributed by atoms with Gasteiger partial charge in [0.05, 0.1) is 0 Å². The van der Waals surface area contributed by atoms with E-state index in [-0.39, 0.29) is 0 Å². The van der Waals surface area contributed by atoms with Crippen LogP contribution in [0, 0.1) is 0 Å². The van der Waals surface area contributed by atoms with Crippen LogP contribution in [0.5, 0.6) is 0 Å². The van der Waals surface area contributed by atoms with Crippen LogP contribution in [0.2, 0.25) is 5.62 Å². The third-order valence-electron chi connectivity index (χ3n) is 0.415. The molecule has 4 heavy (non-hydrogen) atoms. The fourth-order valence-electron chi connectivity index (χ4n) is 0.0642. The average Bonchev–Trinajstić information content (AvgIpc) is 1.75. The topological polar surface area (TPSA) is 0 Å². The van der Waals surface area contributed by atoms with Crippen LogP contribution in [0.25, 0.3) is 0 Å². The molecular formula is CHB3. The summed E-state index contributed by atoms with van der Waals surface area (Å²) in [7, 11) is 5.11. The van der Waals surface area contributed by atoms with Gasteiger partial charge in [-0.3, -0.25) is 0 Å². The van der Waals surface area contributed by atoms with E-state index in [0.717, 1.165) is 0 Å². The number of hydrogen-bond acceptors (Lipinski definition) is 0. The van der Waals surface area contributed by atoms with Crippen molar-refractivity contribution >= 4 is 21.4 Å². The maximum absolute atomic E-state index is 5.11. The SMILES string of the molecule is [B]C1B=B1. The second kappa shape index (κ2) is 0.570. The zero-order valence-electron chi connectivity index (χ0n) is 2.31. The molecule has 0 fully saturated rings. The van der Waals surface area contributed by atoms with E-state index in [1.165, 1.54) is 0 Å². The van der Waals surface area contributed by atoms with Crippen LogP contribution in [-0.2, 0) is 0 Å². The van der Waals surface area contributed by atoms with Gasteiger partial charge in [-0.1, -0.05) is 0 Å². The Morgan fingerprint density at radius 1 is 1.50 bits per heavy atom. The van der Waals surface area contributed by atoms with Crippen LogP contribution in [0.15, 0.2) is 0 Å². The van der Waals surface area contributed by atoms with Gasteiger partial charge in [0.25, 0.3) is 0 Å². The van der Waals surface area contributed by atoms with Gasteiger partial charge in [-0.15, -0.1) is 0 Å². The van der Waals surface area contributed by atoms with E-state index in [9.17, 15) is 0 Å². The third-order valence-corrected chi connectivity index (χ3v) is 0.415. The molecule has 1 aliphatic heterocycles. The molecule has 1 rings (SSSR count). The molecule has 0 amide bonds. The first-order valence-electron chi connectivity index (χ1n) is 1.33. The summed E-state index contributed by atoms with van der Waals surface area (Å²) in [5.74, 6) is 0. The molecule has 0 unspecified atom stereocenters. The molecular weight excluding hydrogens is 44.4 g/mol. The number of hydrogen-bond donors (Lipinski definition) is 0. The molecule has 1 aliphatic rings. The molecule has 2 radical (unpaired) electrons. The molecule has 0 saturated carbocycles. The van der Waals surface area contributed by atoms with Gasteiger partial charge < -0.3 is 0 Å². The summed E-state index contributed by atoms with van der Waals surface area (Å²) in [6.45, 7) is 3.89. The molecule has 14 valence electrons. The molecule has 0 aromatic rings. The Bertz CT molecular complexity index is 41.2. The summed E-state index contributed by atoms with van der Waals surface area (Å²) in [6.07, 6.45) is 0. The second-order valence-corrected chi connectivity index (χ2v) is 0.962. The Balaban J connectivity index is 2.32. The Labute approximate surface area is 28.1 Å². The molecule has 0 spiro atoms. The molecule has 0 aliphatic carbocycles. The quantitative estimate of drug-likeness (QED) is 0.313. The van der Waals surface area contributed by atoms with Gasteiger partial charge in [-0.05, 0) is 0 Å². The van der Waals surface area contributed by atoms with E-state index >= 15 is 0 Å². The summed E-state index contributed by atoms with van der Waals surface area (Å²) in [5.41, 5.74) is 0.333. The maximum atomic E-state index is 5.11. The van der Waals surface area contributed by atoms with Gasteiger partial charge >= 0.3 is 27.1 Å². The van der Waals surface area contributed by atoms with E-state index in [0.29, 0.717) is 5.62 Å². The third kappa shape index (κ3) is 0.307. The first kappa shape index (κ1) is 2.43. The van der Waals surface area contributed by atoms with Gasteiger partial charge in [0.15, 0.2) is 0 Å². The molecule has 0 bridgehead atoms. The van der Waals surface area contributed by atoms with Crippen LogP contribution in [-0.4, -0.2) is 21.4 Å². The van der Waals surface area contributed by atoms with Crippen LogP contribution in [0.3, 0.4) is 0 Å². The van der Waals surface area contributed by atoms with Crippen molar-refractivity contribution < 1.29 is 0 Å². The van der Waals surface area contributed by atoms with E-state index < -0.39 is 0 Å². The Morgan fingerprint density at radius 3 is 1.75 bits per heavy atom. The van der Waals surface area contributed by atoms with Crippen molar-refractivity contribution in [1.29, 1.82) is 0 Å². The molecule has 0 nitrogen and oxygen atoms in total. The fraction of sp³-hybridized carbons (Fsp3) is 1.00. The van der Waals surface area contributed by atoms with E-state index in [1.54, 1.807) is 0 Å². The Hall–Kier alpha value is 0.195. The summed E-state index contributed by atoms with van der Waals surface area (Å²) < 4.78 is 0. The minimum absolute atomic E-state index is 0.333. The number of rotatable bonds is 0. The second-order valence-electron chi connectivity index (χ2n) is 0.962. The van der Waals surface area contributed by atoms with E-state index in [2.05, 4.69) is 0 Å². The van der Waals surface area contributed by atoms with Crippen molar-refractivity contribution in [3.8, 4) is 0 Å². The van der Waals surface area contributed by atoms with Crippen molar-refractivity contribution in [2.45, 2.75) is 5.62 Å². The van der Waals surface area contributed by atoms with Crippen LogP contribution < -0.4 is 0 Å². The zero-order valence-corrected chi connectivity index (χ0v) is 2.31. The Morgan fingerprint density at radius 2 is 1.75 bits per heavy atom. The molecule has 0 saturated heterocycles. The van der Waals surface area contributed by atoms with Gasteiger partial charge in [0.2, 0.25) is 0 Å². The van der Waals surface area contributed by atoms with E-state index in [4.69, 9.17) is 7.85 Å². The first-order valence-corrected chi connectivity index (χ1v) is 1.33. The summed E-state index contributed by atoms with van der Waals surface area (Å²) in [6, 6.07) is 0. The van der Waals surface area contributed by atoms with Gasteiger partial charge in [-0.25, -0.2) is 0 Å². The van der Waals surface area contributed by atoms with Crippen LogP contribution in [0.1, 0.15) is 0 Å². The molecule has 0 aromatic carbocycles. The Kier molecular flexibility index (Phi) is 0.347. The standard InChI is InChI=1S/CHB3/c2-1-3-4-1/h1H. The first-order chi connectivity index (χ1) is 1.89. The predicted octanol–water partition coefficient (Wildman–Crippen LogP) is -0.805. The molecule has 0 atom stereocenters. The van der Waals surface area contributed by atoms with Gasteiger partial charge in [-0.2, -0.15) is 0 Å². The summed E-state index contributed by atoms with van der Waals surface area (Å²) >= 11 is 0. The fourth-order valence-corrected chi connectivity index (χ4v) is 0.0642. The van der Waals surface area contributed by atoms with Crippen LogP contribution in [0.4, 0.5) is 0 Å². The van der Waals surface area contributed by atoms with E-state index in [1.807, 2.05) is 13.6 Å². The van der Waals surface area contributed by atoms with Crippen molar-refractivity contribution in [1.82, 2.24) is 0 Å². The molecule has 0 N–H and O–H groups in total. The average molecular weight is 45.5 g/mol. The molecule has 1 heterocycles. The molecule has 0 aromatic heterocycles. The van der Waals surface area contributed by atoms with Crippen molar-refractivity contribution in [2.24, 2.45) is 0 Å². The summed E-state index contributed by atoms with van der Waals surface area (Å²) in [5, 5.41) is 0. The van der Waals surface area contributed by atoms with Gasteiger partial charge in [0, 0.05) is 0 Å². The van der Waals surface area contributed by atoms with Crippen molar-refractivity contribution in [3.63, 3.8) is 0 Å². The van der Waals surface area contributed by atoms with Crippen molar-refractivity contribution in [3.05, 3.63) is 0 Å². The monoisotopic (exact) mass is 46.0 g/mol. The van der Waals surface area contributed by atoms with Crippen LogP contribution >= 0.6 is 0 Å². The van der Waals surface area contributed by atoms with Crippen molar-refractivity contribution in [2.75, 3.05) is 0 Å². The normalized spacial score (nSPS) is 18.0. The minimum atomic E-state index is 0.333.